The summed E-state index contributed by atoms with van der Waals surface area (Å²) in [7, 11) is 1.23. The highest BCUT2D eigenvalue weighted by Crippen LogP contribution is 2.28. The van der Waals surface area contributed by atoms with Gasteiger partial charge >= 0.3 is 5.97 Å². The monoisotopic (exact) mass is 349 g/mol. The van der Waals surface area contributed by atoms with Gasteiger partial charge in [-0.3, -0.25) is 14.5 Å². The van der Waals surface area contributed by atoms with E-state index in [0.717, 1.165) is 4.90 Å². The number of methoxy groups -OCH3 is 1. The SMILES string of the molecule is CCN1CC(COc2ccccc2)(C(=O)OC)N(C(C)=O)C(N)C1=O. The van der Waals surface area contributed by atoms with Crippen LogP contribution in [0.4, 0.5) is 0 Å². The number of para-hydroxylation sites is 1. The van der Waals surface area contributed by atoms with E-state index in [1.165, 1.54) is 18.9 Å². The number of carbonyl (C=O) groups is 3. The fraction of sp³-hybridized carbons (Fsp3) is 0.471. The van der Waals surface area contributed by atoms with Gasteiger partial charge in [-0.15, -0.1) is 0 Å². The number of nitrogens with zero attached hydrogens (tertiary/aromatic N) is 2. The van der Waals surface area contributed by atoms with Crippen LogP contribution in [0, 0.1) is 0 Å². The Hall–Kier alpha value is -2.61. The van der Waals surface area contributed by atoms with Crippen LogP contribution < -0.4 is 10.5 Å². The predicted molar refractivity (Wildman–Crippen MR) is 89.4 cm³/mol. The van der Waals surface area contributed by atoms with Crippen LogP contribution >= 0.6 is 0 Å². The first-order valence-corrected chi connectivity index (χ1v) is 7.98. The molecule has 1 aliphatic rings. The van der Waals surface area contributed by atoms with Crippen molar-refractivity contribution in [1.82, 2.24) is 9.80 Å². The minimum Gasteiger partial charge on any atom is -0.490 e. The van der Waals surface area contributed by atoms with Gasteiger partial charge in [-0.1, -0.05) is 18.2 Å². The fourth-order valence-corrected chi connectivity index (χ4v) is 3.04. The summed E-state index contributed by atoms with van der Waals surface area (Å²) in [6.07, 6.45) is -1.27. The molecule has 1 aliphatic heterocycles. The molecule has 0 bridgehead atoms. The highest BCUT2D eigenvalue weighted by atomic mass is 16.5. The molecule has 0 saturated carbocycles. The number of rotatable bonds is 5. The van der Waals surface area contributed by atoms with Crippen LogP contribution in [0.15, 0.2) is 30.3 Å². The molecular weight excluding hydrogens is 326 g/mol. The molecule has 8 nitrogen and oxygen atoms in total. The van der Waals surface area contributed by atoms with Crippen molar-refractivity contribution in [3.8, 4) is 5.75 Å². The van der Waals surface area contributed by atoms with E-state index in [1.807, 2.05) is 6.07 Å². The number of carbonyl (C=O) groups excluding carboxylic acids is 3. The Bertz CT molecular complexity index is 651. The van der Waals surface area contributed by atoms with Crippen LogP contribution in [0.1, 0.15) is 13.8 Å². The van der Waals surface area contributed by atoms with Crippen molar-refractivity contribution in [2.75, 3.05) is 26.8 Å². The number of hydrogen-bond acceptors (Lipinski definition) is 6. The summed E-state index contributed by atoms with van der Waals surface area (Å²) in [4.78, 5) is 39.7. The summed E-state index contributed by atoms with van der Waals surface area (Å²) in [5, 5.41) is 0. The van der Waals surface area contributed by atoms with E-state index < -0.39 is 29.5 Å². The van der Waals surface area contributed by atoms with Crippen LogP contribution in [0.2, 0.25) is 0 Å². The maximum atomic E-state index is 12.6. The van der Waals surface area contributed by atoms with E-state index in [4.69, 9.17) is 15.2 Å². The third kappa shape index (κ3) is 3.43. The third-order valence-electron chi connectivity index (χ3n) is 4.26. The van der Waals surface area contributed by atoms with Crippen molar-refractivity contribution < 1.29 is 23.9 Å². The number of likely N-dealkylation sites (N-methyl/N-ethyl adjacent to an activating group) is 1. The first kappa shape index (κ1) is 18.7. The minimum atomic E-state index is -1.51. The molecular formula is C17H23N3O5. The molecule has 2 amide bonds. The molecule has 2 atom stereocenters. The summed E-state index contributed by atoms with van der Waals surface area (Å²) in [6, 6.07) is 8.87. The van der Waals surface area contributed by atoms with Gasteiger partial charge in [0.05, 0.1) is 13.7 Å². The van der Waals surface area contributed by atoms with Crippen molar-refractivity contribution in [2.45, 2.75) is 25.6 Å². The second-order valence-corrected chi connectivity index (χ2v) is 5.81. The number of esters is 1. The number of ether oxygens (including phenoxy) is 2. The molecule has 1 aromatic carbocycles. The van der Waals surface area contributed by atoms with E-state index in [-0.39, 0.29) is 13.2 Å². The molecule has 0 radical (unpaired) electrons. The lowest BCUT2D eigenvalue weighted by atomic mass is 9.92. The molecule has 0 aromatic heterocycles. The zero-order valence-corrected chi connectivity index (χ0v) is 14.6. The maximum Gasteiger partial charge on any atom is 0.337 e. The second kappa shape index (κ2) is 7.52. The first-order chi connectivity index (χ1) is 11.9. The average Bonchev–Trinajstić information content (AvgIpc) is 2.62. The third-order valence-corrected chi connectivity index (χ3v) is 4.26. The fourth-order valence-electron chi connectivity index (χ4n) is 3.04. The first-order valence-electron chi connectivity index (χ1n) is 7.98. The lowest BCUT2D eigenvalue weighted by Gasteiger charge is -2.50. The van der Waals surface area contributed by atoms with Gasteiger partial charge in [0.1, 0.15) is 12.4 Å². The van der Waals surface area contributed by atoms with E-state index >= 15 is 0 Å². The van der Waals surface area contributed by atoms with Crippen molar-refractivity contribution >= 4 is 17.8 Å². The van der Waals surface area contributed by atoms with E-state index in [0.29, 0.717) is 12.3 Å². The van der Waals surface area contributed by atoms with Gasteiger partial charge in [0.2, 0.25) is 5.91 Å². The summed E-state index contributed by atoms with van der Waals surface area (Å²) in [6.45, 7) is 3.15. The van der Waals surface area contributed by atoms with E-state index in [1.54, 1.807) is 31.2 Å². The molecule has 25 heavy (non-hydrogen) atoms. The summed E-state index contributed by atoms with van der Waals surface area (Å²) in [5.41, 5.74) is 4.46. The molecule has 1 fully saturated rings. The lowest BCUT2D eigenvalue weighted by Crippen LogP contribution is -2.76. The smallest absolute Gasteiger partial charge is 0.337 e. The second-order valence-electron chi connectivity index (χ2n) is 5.81. The number of hydrogen-bond donors (Lipinski definition) is 1. The molecule has 1 heterocycles. The molecule has 8 heteroatoms. The Kier molecular flexibility index (Phi) is 5.63. The molecule has 1 saturated heterocycles. The standard InChI is InChI=1S/C17H23N3O5/c1-4-19-10-17(16(23)24-3,11-25-13-8-6-5-7-9-13)20(12(2)21)14(18)15(19)22/h5-9,14H,4,10-11,18H2,1-3H3. The van der Waals surface area contributed by atoms with Crippen LogP contribution in [0.25, 0.3) is 0 Å². The Morgan fingerprint density at radius 1 is 1.32 bits per heavy atom. The molecule has 0 aliphatic carbocycles. The Balaban J connectivity index is 2.44. The van der Waals surface area contributed by atoms with E-state index in [2.05, 4.69) is 0 Å². The quantitative estimate of drug-likeness (QED) is 0.749. The number of benzene rings is 1. The van der Waals surface area contributed by atoms with Gasteiger partial charge in [-0.25, -0.2) is 4.79 Å². The average molecular weight is 349 g/mol. The van der Waals surface area contributed by atoms with Gasteiger partial charge in [0.15, 0.2) is 11.7 Å². The van der Waals surface area contributed by atoms with Crippen molar-refractivity contribution in [3.05, 3.63) is 30.3 Å². The van der Waals surface area contributed by atoms with Crippen LogP contribution in [-0.4, -0.2) is 66.1 Å². The number of amides is 2. The van der Waals surface area contributed by atoms with E-state index in [9.17, 15) is 14.4 Å². The van der Waals surface area contributed by atoms with Crippen LogP contribution in [0.3, 0.4) is 0 Å². The Morgan fingerprint density at radius 2 is 1.96 bits per heavy atom. The molecule has 2 N–H and O–H groups in total. The Morgan fingerprint density at radius 3 is 2.48 bits per heavy atom. The zero-order chi connectivity index (χ0) is 18.6. The van der Waals surface area contributed by atoms with Crippen LogP contribution in [0.5, 0.6) is 5.75 Å². The molecule has 0 spiro atoms. The maximum absolute atomic E-state index is 12.6. The van der Waals surface area contributed by atoms with Gasteiger partial charge in [-0.05, 0) is 19.1 Å². The summed E-state index contributed by atoms with van der Waals surface area (Å²) >= 11 is 0. The zero-order valence-electron chi connectivity index (χ0n) is 14.6. The number of piperazine rings is 1. The van der Waals surface area contributed by atoms with Crippen molar-refractivity contribution in [2.24, 2.45) is 5.73 Å². The van der Waals surface area contributed by atoms with Gasteiger partial charge < -0.3 is 20.1 Å². The largest absolute Gasteiger partial charge is 0.490 e. The van der Waals surface area contributed by atoms with Gasteiger partial charge in [0, 0.05) is 13.5 Å². The summed E-state index contributed by atoms with van der Waals surface area (Å²) in [5.74, 6) is -1.07. The molecule has 2 unspecified atom stereocenters. The molecule has 2 rings (SSSR count). The predicted octanol–water partition coefficient (Wildman–Crippen LogP) is -0.0274. The van der Waals surface area contributed by atoms with Gasteiger partial charge in [0.25, 0.3) is 5.91 Å². The van der Waals surface area contributed by atoms with Crippen molar-refractivity contribution in [3.63, 3.8) is 0 Å². The highest BCUT2D eigenvalue weighted by molar-refractivity contribution is 5.95. The number of nitrogens with two attached hydrogens (primary N) is 1. The highest BCUT2D eigenvalue weighted by Gasteiger charge is 2.56. The Labute approximate surface area is 146 Å². The van der Waals surface area contributed by atoms with Crippen LogP contribution in [-0.2, 0) is 19.1 Å². The molecule has 1 aromatic rings. The summed E-state index contributed by atoms with van der Waals surface area (Å²) < 4.78 is 10.7. The van der Waals surface area contributed by atoms with Crippen molar-refractivity contribution in [1.29, 1.82) is 0 Å². The minimum absolute atomic E-state index is 0.0465. The van der Waals surface area contributed by atoms with Gasteiger partial charge in [-0.2, -0.15) is 0 Å². The topological polar surface area (TPSA) is 102 Å². The molecule has 136 valence electrons. The lowest BCUT2D eigenvalue weighted by molar-refractivity contribution is -0.180. The normalized spacial score (nSPS) is 23.4.